The second-order valence-electron chi connectivity index (χ2n) is 6.92. The van der Waals surface area contributed by atoms with E-state index in [4.69, 9.17) is 9.47 Å². The average Bonchev–Trinajstić information content (AvgIpc) is 3.22. The second-order valence-corrected chi connectivity index (χ2v) is 8.93. The van der Waals surface area contributed by atoms with Crippen molar-refractivity contribution in [2.75, 3.05) is 22.9 Å². The van der Waals surface area contributed by atoms with Gasteiger partial charge in [-0.15, -0.1) is 0 Å². The van der Waals surface area contributed by atoms with E-state index < -0.39 is 10.0 Å². The Kier molecular flexibility index (Phi) is 6.64. The maximum Gasteiger partial charge on any atom is 0.255 e. The van der Waals surface area contributed by atoms with Gasteiger partial charge in [-0.3, -0.25) is 9.52 Å². The molecule has 1 aliphatic rings. The van der Waals surface area contributed by atoms with Crippen LogP contribution >= 0.6 is 0 Å². The number of rotatable bonds is 8. The number of benzene rings is 2. The lowest BCUT2D eigenvalue weighted by atomic mass is 10.2. The van der Waals surface area contributed by atoms with Crippen molar-refractivity contribution in [3.63, 3.8) is 0 Å². The van der Waals surface area contributed by atoms with E-state index in [0.717, 1.165) is 18.6 Å². The van der Waals surface area contributed by atoms with Crippen LogP contribution in [0.4, 0.5) is 11.4 Å². The zero-order chi connectivity index (χ0) is 20.9. The molecule has 0 bridgehead atoms. The highest BCUT2D eigenvalue weighted by molar-refractivity contribution is 7.92. The first-order chi connectivity index (χ1) is 13.9. The number of hydrogen-bond acceptors (Lipinski definition) is 5. The van der Waals surface area contributed by atoms with Crippen LogP contribution in [0.2, 0.25) is 0 Å². The number of amides is 1. The lowest BCUT2D eigenvalue weighted by Gasteiger charge is -2.14. The molecule has 0 saturated heterocycles. The fourth-order valence-corrected chi connectivity index (χ4v) is 3.83. The lowest BCUT2D eigenvalue weighted by Crippen LogP contribution is -2.16. The third-order valence-electron chi connectivity index (χ3n) is 4.83. The molecule has 0 radical (unpaired) electrons. The van der Waals surface area contributed by atoms with Crippen LogP contribution in [0.1, 0.15) is 43.0 Å². The first-order valence-electron chi connectivity index (χ1n) is 9.67. The number of sulfonamides is 1. The summed E-state index contributed by atoms with van der Waals surface area (Å²) in [5.41, 5.74) is 1.32. The van der Waals surface area contributed by atoms with Gasteiger partial charge in [0.05, 0.1) is 24.7 Å². The monoisotopic (exact) mass is 418 g/mol. The van der Waals surface area contributed by atoms with Crippen LogP contribution in [-0.2, 0) is 10.0 Å². The standard InChI is InChI=1S/C21H26N2O5S/c1-3-29(25,26)23-19-13-10-16(14-20(19)27-2)22-21(24)15-8-11-18(12-9-15)28-17-6-4-5-7-17/h8-14,17,23H,3-7H2,1-2H3,(H,22,24). The molecule has 1 amide bonds. The topological polar surface area (TPSA) is 93.7 Å². The van der Waals surface area contributed by atoms with E-state index in [0.29, 0.717) is 22.7 Å². The van der Waals surface area contributed by atoms with E-state index in [2.05, 4.69) is 10.0 Å². The molecule has 0 spiro atoms. The van der Waals surface area contributed by atoms with Gasteiger partial charge in [0.25, 0.3) is 5.91 Å². The minimum absolute atomic E-state index is 0.0465. The first-order valence-corrected chi connectivity index (χ1v) is 11.3. The Hall–Kier alpha value is -2.74. The van der Waals surface area contributed by atoms with Crippen LogP contribution in [0.3, 0.4) is 0 Å². The molecular formula is C21H26N2O5S. The zero-order valence-electron chi connectivity index (χ0n) is 16.6. The Balaban J connectivity index is 1.66. The van der Waals surface area contributed by atoms with Gasteiger partial charge in [-0.1, -0.05) is 0 Å². The normalized spacial score (nSPS) is 14.4. The molecule has 0 aromatic heterocycles. The fourth-order valence-electron chi connectivity index (χ4n) is 3.18. The summed E-state index contributed by atoms with van der Waals surface area (Å²) in [4.78, 5) is 12.5. The number of ether oxygens (including phenoxy) is 2. The molecule has 3 rings (SSSR count). The number of carbonyl (C=O) groups is 1. The molecule has 29 heavy (non-hydrogen) atoms. The zero-order valence-corrected chi connectivity index (χ0v) is 17.4. The molecule has 0 heterocycles. The van der Waals surface area contributed by atoms with Gasteiger partial charge in [0, 0.05) is 17.3 Å². The molecule has 0 atom stereocenters. The third kappa shape index (κ3) is 5.63. The second kappa shape index (κ2) is 9.17. The lowest BCUT2D eigenvalue weighted by molar-refractivity contribution is 0.102. The van der Waals surface area contributed by atoms with E-state index in [9.17, 15) is 13.2 Å². The molecule has 0 aliphatic heterocycles. The minimum atomic E-state index is -3.43. The summed E-state index contributed by atoms with van der Waals surface area (Å²) in [6.45, 7) is 1.55. The summed E-state index contributed by atoms with van der Waals surface area (Å²) in [5.74, 6) is 0.763. The molecule has 1 saturated carbocycles. The molecular weight excluding hydrogens is 392 g/mol. The fraction of sp³-hybridized carbons (Fsp3) is 0.381. The Morgan fingerprint density at radius 3 is 2.41 bits per heavy atom. The predicted octanol–water partition coefficient (Wildman–Crippen LogP) is 4.03. The Morgan fingerprint density at radius 1 is 1.10 bits per heavy atom. The van der Waals surface area contributed by atoms with Crippen molar-refractivity contribution in [1.29, 1.82) is 0 Å². The van der Waals surface area contributed by atoms with Crippen LogP contribution in [0.15, 0.2) is 42.5 Å². The van der Waals surface area contributed by atoms with E-state index in [1.54, 1.807) is 49.4 Å². The molecule has 1 aliphatic carbocycles. The average molecular weight is 419 g/mol. The van der Waals surface area contributed by atoms with Crippen LogP contribution in [0.5, 0.6) is 11.5 Å². The Bertz CT molecular complexity index is 952. The van der Waals surface area contributed by atoms with Gasteiger partial charge in [-0.25, -0.2) is 8.42 Å². The van der Waals surface area contributed by atoms with Crippen molar-refractivity contribution in [2.45, 2.75) is 38.7 Å². The first kappa shape index (κ1) is 21.0. The summed E-state index contributed by atoms with van der Waals surface area (Å²) in [5, 5.41) is 2.79. The highest BCUT2D eigenvalue weighted by Crippen LogP contribution is 2.29. The number of hydrogen-bond donors (Lipinski definition) is 2. The smallest absolute Gasteiger partial charge is 0.255 e. The summed E-state index contributed by atoms with van der Waals surface area (Å²) >= 11 is 0. The molecule has 7 nitrogen and oxygen atoms in total. The van der Waals surface area contributed by atoms with Crippen molar-refractivity contribution in [3.05, 3.63) is 48.0 Å². The quantitative estimate of drug-likeness (QED) is 0.675. The van der Waals surface area contributed by atoms with Crippen LogP contribution in [0.25, 0.3) is 0 Å². The number of nitrogens with one attached hydrogen (secondary N) is 2. The van der Waals surface area contributed by atoms with Gasteiger partial charge in [0.15, 0.2) is 0 Å². The number of methoxy groups -OCH3 is 1. The van der Waals surface area contributed by atoms with Crippen molar-refractivity contribution < 1.29 is 22.7 Å². The Labute approximate surface area is 171 Å². The van der Waals surface area contributed by atoms with E-state index in [1.807, 2.05) is 0 Å². The van der Waals surface area contributed by atoms with E-state index >= 15 is 0 Å². The molecule has 8 heteroatoms. The van der Waals surface area contributed by atoms with Crippen molar-refractivity contribution in [2.24, 2.45) is 0 Å². The highest BCUT2D eigenvalue weighted by atomic mass is 32.2. The Morgan fingerprint density at radius 2 is 1.79 bits per heavy atom. The SMILES string of the molecule is CCS(=O)(=O)Nc1ccc(NC(=O)c2ccc(OC3CCCC3)cc2)cc1OC. The maximum absolute atomic E-state index is 12.5. The number of anilines is 2. The number of carbonyl (C=O) groups excluding carboxylic acids is 1. The molecule has 1 fully saturated rings. The van der Waals surface area contributed by atoms with E-state index in [-0.39, 0.29) is 17.8 Å². The van der Waals surface area contributed by atoms with Gasteiger partial charge in [-0.2, -0.15) is 0 Å². The molecule has 156 valence electrons. The predicted molar refractivity (Wildman–Crippen MR) is 113 cm³/mol. The van der Waals surface area contributed by atoms with Gasteiger partial charge < -0.3 is 14.8 Å². The minimum Gasteiger partial charge on any atom is -0.494 e. The van der Waals surface area contributed by atoms with Gasteiger partial charge in [-0.05, 0) is 69.0 Å². The van der Waals surface area contributed by atoms with Crippen LogP contribution in [-0.4, -0.2) is 33.3 Å². The summed E-state index contributed by atoms with van der Waals surface area (Å²) in [6.07, 6.45) is 4.83. The summed E-state index contributed by atoms with van der Waals surface area (Å²) in [7, 11) is -1.99. The van der Waals surface area contributed by atoms with Crippen molar-refractivity contribution in [3.8, 4) is 11.5 Å². The third-order valence-corrected chi connectivity index (χ3v) is 6.12. The van der Waals surface area contributed by atoms with Gasteiger partial charge in [0.2, 0.25) is 10.0 Å². The molecule has 0 unspecified atom stereocenters. The van der Waals surface area contributed by atoms with Crippen LogP contribution in [0, 0.1) is 0 Å². The maximum atomic E-state index is 12.5. The largest absolute Gasteiger partial charge is 0.494 e. The molecule has 2 N–H and O–H groups in total. The van der Waals surface area contributed by atoms with Crippen molar-refractivity contribution in [1.82, 2.24) is 0 Å². The molecule has 2 aromatic carbocycles. The van der Waals surface area contributed by atoms with Gasteiger partial charge >= 0.3 is 0 Å². The van der Waals surface area contributed by atoms with E-state index in [1.165, 1.54) is 20.0 Å². The van der Waals surface area contributed by atoms with Crippen LogP contribution < -0.4 is 19.5 Å². The molecule has 2 aromatic rings. The van der Waals surface area contributed by atoms with Crippen molar-refractivity contribution >= 4 is 27.3 Å². The summed E-state index contributed by atoms with van der Waals surface area (Å²) in [6, 6.07) is 11.8. The van der Waals surface area contributed by atoms with Gasteiger partial charge in [0.1, 0.15) is 11.5 Å². The summed E-state index contributed by atoms with van der Waals surface area (Å²) < 4.78 is 37.2. The highest BCUT2D eigenvalue weighted by Gasteiger charge is 2.17.